The lowest BCUT2D eigenvalue weighted by Gasteiger charge is -2.45. The van der Waals surface area contributed by atoms with Gasteiger partial charge in [0.15, 0.2) is 0 Å². The summed E-state index contributed by atoms with van der Waals surface area (Å²) in [5, 5.41) is 9.78. The minimum absolute atomic E-state index is 0.230. The molecule has 2 rings (SSSR count). The highest BCUT2D eigenvalue weighted by Gasteiger charge is 2.49. The van der Waals surface area contributed by atoms with Crippen LogP contribution < -0.4 is 14.2 Å². The zero-order valence-electron chi connectivity index (χ0n) is 16.1. The lowest BCUT2D eigenvalue weighted by atomic mass is 9.89. The lowest BCUT2D eigenvalue weighted by molar-refractivity contribution is -0.251. The molecule has 1 N–H and O–H groups in total. The number of aliphatic hydroxyl groups is 1. The molecule has 0 radical (unpaired) electrons. The molecule has 0 aliphatic carbocycles. The van der Waals surface area contributed by atoms with Crippen LogP contribution in [0.2, 0.25) is 0 Å². The first kappa shape index (κ1) is 20.7. The molecule has 26 heavy (non-hydrogen) atoms. The molecular weight excluding hydrogens is 344 g/mol. The van der Waals surface area contributed by atoms with Gasteiger partial charge in [-0.2, -0.15) is 0 Å². The summed E-state index contributed by atoms with van der Waals surface area (Å²) in [7, 11) is 9.36. The van der Waals surface area contributed by atoms with Gasteiger partial charge in [0, 0.05) is 33.5 Å². The van der Waals surface area contributed by atoms with Crippen molar-refractivity contribution >= 4 is 0 Å². The van der Waals surface area contributed by atoms with E-state index in [9.17, 15) is 5.11 Å². The van der Waals surface area contributed by atoms with Crippen LogP contribution in [0.1, 0.15) is 11.7 Å². The van der Waals surface area contributed by atoms with Gasteiger partial charge in [0.1, 0.15) is 47.8 Å². The number of ether oxygens (including phenoxy) is 7. The Morgan fingerprint density at radius 3 is 1.73 bits per heavy atom. The number of rotatable bonds is 8. The zero-order valence-corrected chi connectivity index (χ0v) is 16.1. The van der Waals surface area contributed by atoms with Crippen molar-refractivity contribution in [3.05, 3.63) is 17.7 Å². The molecule has 1 aromatic carbocycles. The first-order valence-corrected chi connectivity index (χ1v) is 8.24. The molecule has 8 nitrogen and oxygen atoms in total. The van der Waals surface area contributed by atoms with Crippen molar-refractivity contribution < 1.29 is 38.3 Å². The molecule has 1 aliphatic heterocycles. The molecule has 0 bridgehead atoms. The van der Waals surface area contributed by atoms with Gasteiger partial charge in [-0.3, -0.25) is 0 Å². The normalized spacial score (nSPS) is 28.7. The summed E-state index contributed by atoms with van der Waals surface area (Å²) < 4.78 is 39.3. The highest BCUT2D eigenvalue weighted by Crippen LogP contribution is 2.45. The van der Waals surface area contributed by atoms with Crippen molar-refractivity contribution in [1.29, 1.82) is 0 Å². The largest absolute Gasteiger partial charge is 0.496 e. The molecule has 1 heterocycles. The Balaban J connectivity index is 2.57. The third-order valence-corrected chi connectivity index (χ3v) is 4.67. The first-order valence-electron chi connectivity index (χ1n) is 8.24. The van der Waals surface area contributed by atoms with E-state index in [-0.39, 0.29) is 6.61 Å². The van der Waals surface area contributed by atoms with Crippen molar-refractivity contribution in [3.63, 3.8) is 0 Å². The molecule has 1 aromatic rings. The summed E-state index contributed by atoms with van der Waals surface area (Å²) >= 11 is 0. The molecule has 0 amide bonds. The third kappa shape index (κ3) is 3.74. The standard InChI is InChI=1S/C18H28O8/c1-20-10-7-11(21-2)14(12(8-10)22-3)16-18(25-6)17(24-5)15(23-4)13(9-19)26-16/h7-8,13,15-19H,9H2,1-6H3/t13-,15-,16+,17+,18+/m1/s1. The van der Waals surface area contributed by atoms with Crippen LogP contribution in [0.3, 0.4) is 0 Å². The summed E-state index contributed by atoms with van der Waals surface area (Å²) in [5.41, 5.74) is 0.651. The molecule has 0 aromatic heterocycles. The minimum atomic E-state index is -0.607. The second-order valence-corrected chi connectivity index (χ2v) is 5.82. The summed E-state index contributed by atoms with van der Waals surface area (Å²) in [6, 6.07) is 3.48. The van der Waals surface area contributed by atoms with Gasteiger partial charge in [0.25, 0.3) is 0 Å². The smallest absolute Gasteiger partial charge is 0.132 e. The van der Waals surface area contributed by atoms with Gasteiger partial charge in [0.05, 0.1) is 33.5 Å². The Kier molecular flexibility index (Phi) is 7.48. The van der Waals surface area contributed by atoms with E-state index in [1.54, 1.807) is 54.8 Å². The van der Waals surface area contributed by atoms with Crippen LogP contribution in [0.15, 0.2) is 12.1 Å². The number of aliphatic hydroxyl groups excluding tert-OH is 1. The van der Waals surface area contributed by atoms with Gasteiger partial charge >= 0.3 is 0 Å². The quantitative estimate of drug-likeness (QED) is 0.728. The molecule has 0 saturated carbocycles. The molecule has 8 heteroatoms. The van der Waals surface area contributed by atoms with Crippen LogP contribution in [-0.4, -0.2) is 78.8 Å². The number of methoxy groups -OCH3 is 6. The maximum atomic E-state index is 9.78. The van der Waals surface area contributed by atoms with E-state index in [1.165, 1.54) is 0 Å². The van der Waals surface area contributed by atoms with Crippen LogP contribution in [0.25, 0.3) is 0 Å². The average Bonchev–Trinajstić information content (AvgIpc) is 2.70. The SMILES string of the molecule is COc1cc(OC)c([C@@H]2O[C@H](CO)[C@@H](OC)[C@H](OC)[C@H]2OC)c(OC)c1. The Hall–Kier alpha value is -1.58. The molecule has 0 spiro atoms. The maximum absolute atomic E-state index is 9.78. The van der Waals surface area contributed by atoms with E-state index in [1.807, 2.05) is 0 Å². The second kappa shape index (κ2) is 9.38. The van der Waals surface area contributed by atoms with Gasteiger partial charge in [-0.1, -0.05) is 0 Å². The highest BCUT2D eigenvalue weighted by molar-refractivity contribution is 5.52. The Bertz CT molecular complexity index is 553. The molecular formula is C18H28O8. The van der Waals surface area contributed by atoms with E-state index < -0.39 is 30.5 Å². The fourth-order valence-electron chi connectivity index (χ4n) is 3.42. The van der Waals surface area contributed by atoms with E-state index in [0.29, 0.717) is 22.8 Å². The molecule has 1 aliphatic rings. The number of hydrogen-bond donors (Lipinski definition) is 1. The molecule has 148 valence electrons. The second-order valence-electron chi connectivity index (χ2n) is 5.82. The van der Waals surface area contributed by atoms with E-state index in [2.05, 4.69) is 0 Å². The van der Waals surface area contributed by atoms with Crippen molar-refractivity contribution in [2.45, 2.75) is 30.5 Å². The minimum Gasteiger partial charge on any atom is -0.496 e. The van der Waals surface area contributed by atoms with Crippen molar-refractivity contribution in [1.82, 2.24) is 0 Å². The van der Waals surface area contributed by atoms with E-state index >= 15 is 0 Å². The topological polar surface area (TPSA) is 84.8 Å². The molecule has 1 saturated heterocycles. The van der Waals surface area contributed by atoms with Gasteiger partial charge in [-0.25, -0.2) is 0 Å². The van der Waals surface area contributed by atoms with Crippen LogP contribution in [0.4, 0.5) is 0 Å². The number of benzene rings is 1. The monoisotopic (exact) mass is 372 g/mol. The van der Waals surface area contributed by atoms with Crippen molar-refractivity contribution in [2.75, 3.05) is 49.3 Å². The van der Waals surface area contributed by atoms with Crippen molar-refractivity contribution in [3.8, 4) is 17.2 Å². The van der Waals surface area contributed by atoms with Crippen LogP contribution in [0.5, 0.6) is 17.2 Å². The van der Waals surface area contributed by atoms with Crippen LogP contribution in [-0.2, 0) is 18.9 Å². The summed E-state index contributed by atoms with van der Waals surface area (Å²) in [4.78, 5) is 0. The fraction of sp³-hybridized carbons (Fsp3) is 0.667. The summed E-state index contributed by atoms with van der Waals surface area (Å²) in [6.45, 7) is -0.230. The molecule has 0 unspecified atom stereocenters. The number of hydrogen-bond acceptors (Lipinski definition) is 8. The molecule has 5 atom stereocenters. The first-order chi connectivity index (χ1) is 12.6. The Labute approximate surface area is 153 Å². The predicted octanol–water partition coefficient (Wildman–Crippen LogP) is 1.19. The van der Waals surface area contributed by atoms with Gasteiger partial charge < -0.3 is 38.3 Å². The van der Waals surface area contributed by atoms with Crippen LogP contribution >= 0.6 is 0 Å². The highest BCUT2D eigenvalue weighted by atomic mass is 16.6. The fourth-order valence-corrected chi connectivity index (χ4v) is 3.42. The Morgan fingerprint density at radius 2 is 1.35 bits per heavy atom. The average molecular weight is 372 g/mol. The van der Waals surface area contributed by atoms with E-state index in [0.717, 1.165) is 0 Å². The van der Waals surface area contributed by atoms with Gasteiger partial charge in [0.2, 0.25) is 0 Å². The van der Waals surface area contributed by atoms with Gasteiger partial charge in [-0.05, 0) is 0 Å². The predicted molar refractivity (Wildman–Crippen MR) is 93.2 cm³/mol. The van der Waals surface area contributed by atoms with Crippen molar-refractivity contribution in [2.24, 2.45) is 0 Å². The lowest BCUT2D eigenvalue weighted by Crippen LogP contribution is -2.57. The van der Waals surface area contributed by atoms with Crippen LogP contribution in [0, 0.1) is 0 Å². The summed E-state index contributed by atoms with van der Waals surface area (Å²) in [5.74, 6) is 1.63. The van der Waals surface area contributed by atoms with E-state index in [4.69, 9.17) is 33.2 Å². The zero-order chi connectivity index (χ0) is 19.3. The summed E-state index contributed by atoms with van der Waals surface area (Å²) in [6.07, 6.45) is -2.66. The van der Waals surface area contributed by atoms with Gasteiger partial charge in [-0.15, -0.1) is 0 Å². The third-order valence-electron chi connectivity index (χ3n) is 4.67. The Morgan fingerprint density at radius 1 is 0.808 bits per heavy atom. The molecule has 1 fully saturated rings. The maximum Gasteiger partial charge on any atom is 0.132 e.